The van der Waals surface area contributed by atoms with E-state index in [1.165, 1.54) is 0 Å². The van der Waals surface area contributed by atoms with E-state index < -0.39 is 10.0 Å². The van der Waals surface area contributed by atoms with Gasteiger partial charge in [0.15, 0.2) is 5.03 Å². The largest absolute Gasteiger partial charge is 0.383 e. The Morgan fingerprint density at radius 3 is 2.67 bits per heavy atom. The van der Waals surface area contributed by atoms with Crippen molar-refractivity contribution >= 4 is 22.4 Å². The third-order valence-electron chi connectivity index (χ3n) is 2.54. The van der Waals surface area contributed by atoms with Crippen LogP contribution in [0.15, 0.2) is 17.6 Å². The number of hydrogen-bond donors (Lipinski definition) is 2. The molecule has 0 aliphatic rings. The maximum Gasteiger partial charge on any atom is 0.259 e. The lowest BCUT2D eigenvalue weighted by molar-refractivity contribution is 0.199. The number of halogens is 1. The van der Waals surface area contributed by atoms with E-state index in [0.29, 0.717) is 32.2 Å². The highest BCUT2D eigenvalue weighted by Gasteiger charge is 2.16. The fourth-order valence-corrected chi connectivity index (χ4v) is 2.63. The van der Waals surface area contributed by atoms with Crippen LogP contribution in [0.3, 0.4) is 0 Å². The van der Waals surface area contributed by atoms with Crippen LogP contribution in [0.1, 0.15) is 13.8 Å². The van der Waals surface area contributed by atoms with Gasteiger partial charge in [-0.15, -0.1) is 12.4 Å². The lowest BCUT2D eigenvalue weighted by Gasteiger charge is -2.06. The van der Waals surface area contributed by atoms with Crippen LogP contribution in [-0.2, 0) is 21.3 Å². The van der Waals surface area contributed by atoms with E-state index in [9.17, 15) is 8.42 Å². The molecular weight excluding hydrogens is 316 g/mol. The maximum atomic E-state index is 12.0. The molecule has 0 bridgehead atoms. The fraction of sp³-hybridized carbons (Fsp3) is 0.750. The second-order valence-corrected chi connectivity index (χ2v) is 6.66. The monoisotopic (exact) mass is 340 g/mol. The molecule has 124 valence electrons. The third kappa shape index (κ3) is 7.77. The maximum absolute atomic E-state index is 12.0. The molecule has 21 heavy (non-hydrogen) atoms. The highest BCUT2D eigenvalue weighted by atomic mass is 35.5. The second kappa shape index (κ2) is 10.1. The zero-order valence-electron chi connectivity index (χ0n) is 12.7. The third-order valence-corrected chi connectivity index (χ3v) is 3.88. The van der Waals surface area contributed by atoms with Crippen LogP contribution in [0.25, 0.3) is 0 Å². The number of rotatable bonds is 10. The molecule has 1 aromatic heterocycles. The van der Waals surface area contributed by atoms with E-state index in [1.54, 1.807) is 24.2 Å². The standard InChI is InChI=1S/C12H24N4O3S.ClH/c1-11(2)8-16-9-12(14-10-16)20(17,18)15-5-4-13-6-7-19-3;/h9-11,13,15H,4-8H2,1-3H3;1H. The molecule has 1 aromatic rings. The van der Waals surface area contributed by atoms with Gasteiger partial charge in [0, 0.05) is 39.5 Å². The molecule has 2 N–H and O–H groups in total. The molecule has 1 heterocycles. The molecule has 1 rings (SSSR count). The Labute approximate surface area is 132 Å². The summed E-state index contributed by atoms with van der Waals surface area (Å²) in [5, 5.41) is 3.13. The summed E-state index contributed by atoms with van der Waals surface area (Å²) in [4.78, 5) is 3.94. The molecular formula is C12H25ClN4O3S. The summed E-state index contributed by atoms with van der Waals surface area (Å²) >= 11 is 0. The fourth-order valence-electron chi connectivity index (χ4n) is 1.65. The minimum absolute atomic E-state index is 0. The molecule has 7 nitrogen and oxygen atoms in total. The molecule has 0 saturated carbocycles. The number of sulfonamides is 1. The van der Waals surface area contributed by atoms with Crippen LogP contribution in [0.5, 0.6) is 0 Å². The van der Waals surface area contributed by atoms with Crippen LogP contribution in [0, 0.1) is 5.92 Å². The normalized spacial score (nSPS) is 11.6. The second-order valence-electron chi connectivity index (χ2n) is 4.94. The van der Waals surface area contributed by atoms with Crippen LogP contribution < -0.4 is 10.0 Å². The number of nitrogens with zero attached hydrogens (tertiary/aromatic N) is 2. The van der Waals surface area contributed by atoms with Gasteiger partial charge in [0.05, 0.1) is 12.9 Å². The minimum Gasteiger partial charge on any atom is -0.383 e. The van der Waals surface area contributed by atoms with E-state index >= 15 is 0 Å². The van der Waals surface area contributed by atoms with Crippen molar-refractivity contribution < 1.29 is 13.2 Å². The van der Waals surface area contributed by atoms with Gasteiger partial charge in [0.25, 0.3) is 10.0 Å². The summed E-state index contributed by atoms with van der Waals surface area (Å²) in [6.45, 7) is 7.06. The van der Waals surface area contributed by atoms with Crippen molar-refractivity contribution in [2.45, 2.75) is 25.4 Å². The van der Waals surface area contributed by atoms with Crippen molar-refractivity contribution in [1.82, 2.24) is 19.6 Å². The first-order chi connectivity index (χ1) is 9.45. The van der Waals surface area contributed by atoms with Gasteiger partial charge in [-0.1, -0.05) is 13.8 Å². The summed E-state index contributed by atoms with van der Waals surface area (Å²) in [7, 11) is -1.90. The van der Waals surface area contributed by atoms with Gasteiger partial charge in [-0.2, -0.15) is 0 Å². The summed E-state index contributed by atoms with van der Waals surface area (Å²) < 4.78 is 33.1. The Morgan fingerprint density at radius 1 is 1.33 bits per heavy atom. The zero-order chi connectivity index (χ0) is 15.0. The first kappa shape index (κ1) is 20.3. The summed E-state index contributed by atoms with van der Waals surface area (Å²) in [5.74, 6) is 0.442. The summed E-state index contributed by atoms with van der Waals surface area (Å²) in [6.07, 6.45) is 3.10. The Balaban J connectivity index is 0.00000400. The molecule has 0 spiro atoms. The summed E-state index contributed by atoms with van der Waals surface area (Å²) in [5.41, 5.74) is 0. The van der Waals surface area contributed by atoms with E-state index in [1.807, 2.05) is 0 Å². The lowest BCUT2D eigenvalue weighted by Crippen LogP contribution is -2.33. The molecule has 0 radical (unpaired) electrons. The Hall–Kier alpha value is -0.670. The average Bonchev–Trinajstić information content (AvgIpc) is 2.82. The highest BCUT2D eigenvalue weighted by Crippen LogP contribution is 2.06. The average molecular weight is 341 g/mol. The van der Waals surface area contributed by atoms with Gasteiger partial charge in [-0.25, -0.2) is 18.1 Å². The van der Waals surface area contributed by atoms with E-state index in [4.69, 9.17) is 4.74 Å². The Morgan fingerprint density at radius 2 is 2.05 bits per heavy atom. The van der Waals surface area contributed by atoms with Crippen LogP contribution in [-0.4, -0.2) is 51.3 Å². The number of ether oxygens (including phenoxy) is 1. The zero-order valence-corrected chi connectivity index (χ0v) is 14.3. The van der Waals surface area contributed by atoms with Crippen molar-refractivity contribution in [2.75, 3.05) is 33.4 Å². The van der Waals surface area contributed by atoms with Gasteiger partial charge in [-0.3, -0.25) is 0 Å². The quantitative estimate of drug-likeness (QED) is 0.605. The molecule has 0 aromatic carbocycles. The van der Waals surface area contributed by atoms with Crippen LogP contribution in [0.2, 0.25) is 0 Å². The summed E-state index contributed by atoms with van der Waals surface area (Å²) in [6, 6.07) is 0. The number of aromatic nitrogens is 2. The first-order valence-electron chi connectivity index (χ1n) is 6.67. The smallest absolute Gasteiger partial charge is 0.259 e. The lowest BCUT2D eigenvalue weighted by atomic mass is 10.2. The van der Waals surface area contributed by atoms with Gasteiger partial charge in [-0.05, 0) is 5.92 Å². The molecule has 0 fully saturated rings. The molecule has 0 saturated heterocycles. The van der Waals surface area contributed by atoms with Crippen LogP contribution in [0.4, 0.5) is 0 Å². The number of nitrogens with one attached hydrogen (secondary N) is 2. The van der Waals surface area contributed by atoms with Gasteiger partial charge < -0.3 is 14.6 Å². The molecule has 0 atom stereocenters. The predicted molar refractivity (Wildman–Crippen MR) is 84.2 cm³/mol. The van der Waals surface area contributed by atoms with E-state index in [-0.39, 0.29) is 17.4 Å². The number of hydrogen-bond acceptors (Lipinski definition) is 5. The van der Waals surface area contributed by atoms with Crippen molar-refractivity contribution in [3.05, 3.63) is 12.5 Å². The van der Waals surface area contributed by atoms with Gasteiger partial charge in [0.1, 0.15) is 0 Å². The first-order valence-corrected chi connectivity index (χ1v) is 8.15. The molecule has 0 amide bonds. The van der Waals surface area contributed by atoms with E-state index in [2.05, 4.69) is 28.9 Å². The van der Waals surface area contributed by atoms with Crippen molar-refractivity contribution in [2.24, 2.45) is 5.92 Å². The minimum atomic E-state index is -3.52. The Kier molecular flexibility index (Phi) is 9.80. The van der Waals surface area contributed by atoms with Crippen molar-refractivity contribution in [3.8, 4) is 0 Å². The van der Waals surface area contributed by atoms with Gasteiger partial charge in [0.2, 0.25) is 0 Å². The SMILES string of the molecule is COCCNCCNS(=O)(=O)c1cn(CC(C)C)cn1.Cl. The molecule has 0 unspecified atom stereocenters. The van der Waals surface area contributed by atoms with Gasteiger partial charge >= 0.3 is 0 Å². The van der Waals surface area contributed by atoms with Crippen molar-refractivity contribution in [3.63, 3.8) is 0 Å². The van der Waals surface area contributed by atoms with Crippen LogP contribution >= 0.6 is 12.4 Å². The predicted octanol–water partition coefficient (Wildman–Crippen LogP) is 0.475. The Bertz CT molecular complexity index is 490. The topological polar surface area (TPSA) is 85.3 Å². The van der Waals surface area contributed by atoms with Crippen molar-refractivity contribution in [1.29, 1.82) is 0 Å². The highest BCUT2D eigenvalue weighted by molar-refractivity contribution is 7.89. The van der Waals surface area contributed by atoms with E-state index in [0.717, 1.165) is 6.54 Å². The molecule has 0 aliphatic carbocycles. The molecule has 9 heteroatoms. The number of methoxy groups -OCH3 is 1. The number of imidazole rings is 1. The molecule has 0 aliphatic heterocycles.